The second-order valence-electron chi connectivity index (χ2n) is 6.19. The summed E-state index contributed by atoms with van der Waals surface area (Å²) >= 11 is 0. The number of rotatable bonds is 2. The molecule has 1 aliphatic carbocycles. The Bertz CT molecular complexity index is 470. The first-order chi connectivity index (χ1) is 9.69. The topological polar surface area (TPSA) is 15.3 Å². The average molecular weight is 280 g/mol. The number of halogens is 2. The van der Waals surface area contributed by atoms with Crippen molar-refractivity contribution in [3.8, 4) is 0 Å². The van der Waals surface area contributed by atoms with E-state index in [1.165, 1.54) is 31.7 Å². The SMILES string of the molecule is Fc1cccc(CN2CCCNC3(CCCC3)C2)c1F. The lowest BCUT2D eigenvalue weighted by atomic mass is 9.97. The largest absolute Gasteiger partial charge is 0.310 e. The summed E-state index contributed by atoms with van der Waals surface area (Å²) in [4.78, 5) is 2.28. The van der Waals surface area contributed by atoms with Gasteiger partial charge in [-0.25, -0.2) is 8.78 Å². The standard InChI is InChI=1S/C16H22F2N2/c17-14-6-3-5-13(15(14)18)11-20-10-4-9-19-16(12-20)7-1-2-8-16/h3,5-6,19H,1-2,4,7-12H2. The highest BCUT2D eigenvalue weighted by Crippen LogP contribution is 2.32. The lowest BCUT2D eigenvalue weighted by Crippen LogP contribution is -2.49. The van der Waals surface area contributed by atoms with Crippen LogP contribution < -0.4 is 5.32 Å². The zero-order valence-corrected chi connectivity index (χ0v) is 11.8. The summed E-state index contributed by atoms with van der Waals surface area (Å²) in [5.74, 6) is -1.43. The maximum atomic E-state index is 13.8. The van der Waals surface area contributed by atoms with E-state index in [2.05, 4.69) is 10.2 Å². The van der Waals surface area contributed by atoms with Crippen LogP contribution in [0.1, 0.15) is 37.7 Å². The molecule has 1 N–H and O–H groups in total. The van der Waals surface area contributed by atoms with Crippen LogP contribution in [0.15, 0.2) is 18.2 Å². The number of hydrogen-bond acceptors (Lipinski definition) is 2. The molecule has 2 fully saturated rings. The number of nitrogens with zero attached hydrogens (tertiary/aromatic N) is 1. The monoisotopic (exact) mass is 280 g/mol. The second-order valence-corrected chi connectivity index (χ2v) is 6.19. The summed E-state index contributed by atoms with van der Waals surface area (Å²) in [7, 11) is 0. The highest BCUT2D eigenvalue weighted by atomic mass is 19.2. The third-order valence-corrected chi connectivity index (χ3v) is 4.66. The van der Waals surface area contributed by atoms with E-state index < -0.39 is 11.6 Å². The van der Waals surface area contributed by atoms with Crippen molar-refractivity contribution < 1.29 is 8.78 Å². The van der Waals surface area contributed by atoms with Crippen LogP contribution in [0.5, 0.6) is 0 Å². The number of benzene rings is 1. The fourth-order valence-electron chi connectivity index (χ4n) is 3.65. The van der Waals surface area contributed by atoms with Crippen molar-refractivity contribution >= 4 is 0 Å². The van der Waals surface area contributed by atoms with E-state index in [0.717, 1.165) is 26.1 Å². The summed E-state index contributed by atoms with van der Waals surface area (Å²) in [5.41, 5.74) is 0.681. The fourth-order valence-corrected chi connectivity index (χ4v) is 3.65. The van der Waals surface area contributed by atoms with Crippen LogP contribution in [-0.4, -0.2) is 30.1 Å². The lowest BCUT2D eigenvalue weighted by Gasteiger charge is -2.33. The van der Waals surface area contributed by atoms with Gasteiger partial charge in [-0.2, -0.15) is 0 Å². The Morgan fingerprint density at radius 1 is 1.15 bits per heavy atom. The molecule has 1 heterocycles. The first-order valence-electron chi connectivity index (χ1n) is 7.59. The third kappa shape index (κ3) is 2.86. The summed E-state index contributed by atoms with van der Waals surface area (Å²) in [6.07, 6.45) is 6.02. The van der Waals surface area contributed by atoms with E-state index in [9.17, 15) is 8.78 Å². The maximum Gasteiger partial charge on any atom is 0.163 e. The maximum absolute atomic E-state index is 13.8. The Hall–Kier alpha value is -1.00. The zero-order chi connectivity index (χ0) is 14.0. The Morgan fingerprint density at radius 2 is 1.95 bits per heavy atom. The van der Waals surface area contributed by atoms with Gasteiger partial charge in [-0.15, -0.1) is 0 Å². The van der Waals surface area contributed by atoms with Gasteiger partial charge in [0.05, 0.1) is 0 Å². The zero-order valence-electron chi connectivity index (χ0n) is 11.8. The van der Waals surface area contributed by atoms with Crippen LogP contribution in [0.2, 0.25) is 0 Å². The molecule has 1 aliphatic heterocycles. The minimum Gasteiger partial charge on any atom is -0.310 e. The van der Waals surface area contributed by atoms with E-state index in [1.54, 1.807) is 12.1 Å². The normalized spacial score (nSPS) is 23.1. The summed E-state index contributed by atoms with van der Waals surface area (Å²) < 4.78 is 27.1. The molecule has 110 valence electrons. The smallest absolute Gasteiger partial charge is 0.163 e. The molecule has 0 radical (unpaired) electrons. The molecule has 1 saturated heterocycles. The molecule has 2 aliphatic rings. The van der Waals surface area contributed by atoms with Crippen molar-refractivity contribution in [1.82, 2.24) is 10.2 Å². The minimum atomic E-state index is -0.744. The molecule has 3 rings (SSSR count). The molecule has 0 aromatic heterocycles. The van der Waals surface area contributed by atoms with Gasteiger partial charge < -0.3 is 5.32 Å². The molecule has 2 nitrogen and oxygen atoms in total. The molecule has 1 aromatic rings. The highest BCUT2D eigenvalue weighted by Gasteiger charge is 2.36. The van der Waals surface area contributed by atoms with Crippen LogP contribution in [0.4, 0.5) is 8.78 Å². The van der Waals surface area contributed by atoms with E-state index in [0.29, 0.717) is 12.1 Å². The molecule has 1 aromatic carbocycles. The predicted molar refractivity (Wildman–Crippen MR) is 75.5 cm³/mol. The minimum absolute atomic E-state index is 0.209. The van der Waals surface area contributed by atoms with Crippen molar-refractivity contribution in [1.29, 1.82) is 0 Å². The van der Waals surface area contributed by atoms with Crippen LogP contribution >= 0.6 is 0 Å². The van der Waals surface area contributed by atoms with Crippen LogP contribution in [0, 0.1) is 11.6 Å². The van der Waals surface area contributed by atoms with E-state index in [1.807, 2.05) is 0 Å². The van der Waals surface area contributed by atoms with Crippen molar-refractivity contribution in [3.63, 3.8) is 0 Å². The molecule has 4 heteroatoms. The Labute approximate surface area is 119 Å². The third-order valence-electron chi connectivity index (χ3n) is 4.66. The molecule has 0 atom stereocenters. The van der Waals surface area contributed by atoms with Crippen molar-refractivity contribution in [3.05, 3.63) is 35.4 Å². The van der Waals surface area contributed by atoms with Gasteiger partial charge in [0.1, 0.15) is 0 Å². The molecule has 0 amide bonds. The molecular formula is C16H22F2N2. The van der Waals surface area contributed by atoms with Gasteiger partial charge in [0.15, 0.2) is 11.6 Å². The molecular weight excluding hydrogens is 258 g/mol. The summed E-state index contributed by atoms with van der Waals surface area (Å²) in [6, 6.07) is 4.47. The lowest BCUT2D eigenvalue weighted by molar-refractivity contribution is 0.201. The van der Waals surface area contributed by atoms with Crippen LogP contribution in [0.3, 0.4) is 0 Å². The summed E-state index contributed by atoms with van der Waals surface area (Å²) in [6.45, 7) is 3.43. The van der Waals surface area contributed by atoms with E-state index in [4.69, 9.17) is 0 Å². The van der Waals surface area contributed by atoms with Crippen molar-refractivity contribution in [2.24, 2.45) is 0 Å². The van der Waals surface area contributed by atoms with Gasteiger partial charge in [0.25, 0.3) is 0 Å². The molecule has 0 bridgehead atoms. The van der Waals surface area contributed by atoms with Gasteiger partial charge in [-0.1, -0.05) is 25.0 Å². The number of hydrogen-bond donors (Lipinski definition) is 1. The van der Waals surface area contributed by atoms with Gasteiger partial charge in [-0.05, 0) is 38.4 Å². The number of nitrogens with one attached hydrogen (secondary N) is 1. The van der Waals surface area contributed by atoms with Gasteiger partial charge in [0.2, 0.25) is 0 Å². The summed E-state index contributed by atoms with van der Waals surface area (Å²) in [5, 5.41) is 3.69. The van der Waals surface area contributed by atoms with Crippen molar-refractivity contribution in [2.75, 3.05) is 19.6 Å². The van der Waals surface area contributed by atoms with E-state index >= 15 is 0 Å². The molecule has 1 spiro atoms. The second kappa shape index (κ2) is 5.78. The fraction of sp³-hybridized carbons (Fsp3) is 0.625. The average Bonchev–Trinajstić information content (AvgIpc) is 2.78. The Morgan fingerprint density at radius 3 is 2.75 bits per heavy atom. The molecule has 20 heavy (non-hydrogen) atoms. The first-order valence-corrected chi connectivity index (χ1v) is 7.59. The molecule has 1 saturated carbocycles. The Kier molecular flexibility index (Phi) is 4.03. The quantitative estimate of drug-likeness (QED) is 0.895. The van der Waals surface area contributed by atoms with Gasteiger partial charge in [0, 0.05) is 24.2 Å². The Balaban J connectivity index is 1.74. The van der Waals surface area contributed by atoms with E-state index in [-0.39, 0.29) is 5.54 Å². The van der Waals surface area contributed by atoms with Gasteiger partial charge in [-0.3, -0.25) is 4.90 Å². The van der Waals surface area contributed by atoms with Crippen molar-refractivity contribution in [2.45, 2.75) is 44.2 Å². The predicted octanol–water partition coefficient (Wildman–Crippen LogP) is 3.07. The van der Waals surface area contributed by atoms with Gasteiger partial charge >= 0.3 is 0 Å². The molecule has 0 unspecified atom stereocenters. The highest BCUT2D eigenvalue weighted by molar-refractivity contribution is 5.19. The van der Waals surface area contributed by atoms with Crippen LogP contribution in [-0.2, 0) is 6.54 Å². The van der Waals surface area contributed by atoms with Crippen LogP contribution in [0.25, 0.3) is 0 Å². The first kappa shape index (κ1) is 14.0.